The first kappa shape index (κ1) is 19.6. The quantitative estimate of drug-likeness (QED) is 0.634. The zero-order valence-corrected chi connectivity index (χ0v) is 16.8. The Morgan fingerprint density at radius 1 is 1.04 bits per heavy atom. The molecule has 0 saturated carbocycles. The molecule has 0 aliphatic rings. The van der Waals surface area contributed by atoms with Gasteiger partial charge < -0.3 is 9.64 Å². The molecule has 3 aromatic rings. The van der Waals surface area contributed by atoms with Crippen molar-refractivity contribution in [2.75, 3.05) is 34.8 Å². The number of ether oxygens (including phenoxy) is 1. The molecule has 1 amide bonds. The van der Waals surface area contributed by atoms with Gasteiger partial charge in [0.2, 0.25) is 5.91 Å². The Kier molecular flexibility index (Phi) is 6.11. The van der Waals surface area contributed by atoms with E-state index in [2.05, 4.69) is 0 Å². The highest BCUT2D eigenvalue weighted by molar-refractivity contribution is 5.77. The average Bonchev–Trinajstić information content (AvgIpc) is 3.12. The lowest BCUT2D eigenvalue weighted by molar-refractivity contribution is -0.129. The fourth-order valence-corrected chi connectivity index (χ4v) is 2.95. The normalized spacial score (nSPS) is 10.9. The minimum absolute atomic E-state index is 0.0731. The van der Waals surface area contributed by atoms with Crippen LogP contribution in [-0.4, -0.2) is 60.3 Å². The van der Waals surface area contributed by atoms with E-state index in [-0.39, 0.29) is 5.91 Å². The van der Waals surface area contributed by atoms with Gasteiger partial charge in [-0.25, -0.2) is 4.68 Å². The van der Waals surface area contributed by atoms with Crippen molar-refractivity contribution < 1.29 is 9.53 Å². The molecule has 2 aromatic carbocycles. The van der Waals surface area contributed by atoms with Crippen molar-refractivity contribution >= 4 is 5.91 Å². The second-order valence-electron chi connectivity index (χ2n) is 6.97. The zero-order valence-electron chi connectivity index (χ0n) is 16.8. The van der Waals surface area contributed by atoms with Gasteiger partial charge in [0, 0.05) is 38.0 Å². The summed E-state index contributed by atoms with van der Waals surface area (Å²) >= 11 is 0. The lowest BCUT2D eigenvalue weighted by Gasteiger charge is -2.18. The van der Waals surface area contributed by atoms with Crippen molar-refractivity contribution in [3.8, 4) is 22.7 Å². The Labute approximate surface area is 166 Å². The monoisotopic (exact) mass is 378 g/mol. The molecule has 6 nitrogen and oxygen atoms in total. The minimum Gasteiger partial charge on any atom is -0.497 e. The Hall–Kier alpha value is -3.12. The smallest absolute Gasteiger partial charge is 0.236 e. The molecule has 0 bridgehead atoms. The van der Waals surface area contributed by atoms with Gasteiger partial charge in [0.25, 0.3) is 0 Å². The predicted molar refractivity (Wildman–Crippen MR) is 111 cm³/mol. The number of likely N-dealkylation sites (N-methyl/N-ethyl adjacent to an activating group) is 2. The van der Waals surface area contributed by atoms with Crippen LogP contribution in [-0.2, 0) is 11.3 Å². The van der Waals surface area contributed by atoms with Crippen LogP contribution in [0.25, 0.3) is 16.9 Å². The topological polar surface area (TPSA) is 50.6 Å². The fourth-order valence-electron chi connectivity index (χ4n) is 2.95. The first-order valence-electron chi connectivity index (χ1n) is 9.15. The summed E-state index contributed by atoms with van der Waals surface area (Å²) in [6.07, 6.45) is 2.03. The lowest BCUT2D eigenvalue weighted by atomic mass is 10.1. The Morgan fingerprint density at radius 2 is 1.71 bits per heavy atom. The van der Waals surface area contributed by atoms with Crippen LogP contribution >= 0.6 is 0 Å². The predicted octanol–water partition coefficient (Wildman–Crippen LogP) is 3.07. The van der Waals surface area contributed by atoms with E-state index in [0.717, 1.165) is 28.3 Å². The largest absolute Gasteiger partial charge is 0.497 e. The Bertz CT molecular complexity index is 917. The standard InChI is InChI=1S/C22H26N4O2/c1-24(2)21(27)16-25(3)14-18-15-26(19-8-6-5-7-9-19)23-22(18)17-10-12-20(28-4)13-11-17/h5-13,15H,14,16H2,1-4H3. The molecule has 0 aliphatic carbocycles. The number of hydrogen-bond acceptors (Lipinski definition) is 4. The average molecular weight is 378 g/mol. The lowest BCUT2D eigenvalue weighted by Crippen LogP contribution is -2.34. The van der Waals surface area contributed by atoms with Crippen LogP contribution < -0.4 is 4.74 Å². The number of methoxy groups -OCH3 is 1. The molecule has 0 fully saturated rings. The van der Waals surface area contributed by atoms with Gasteiger partial charge in [0.05, 0.1) is 25.0 Å². The fraction of sp³-hybridized carbons (Fsp3) is 0.273. The maximum atomic E-state index is 12.0. The molecular formula is C22H26N4O2. The Balaban J connectivity index is 1.94. The van der Waals surface area contributed by atoms with Crippen molar-refractivity contribution in [2.45, 2.75) is 6.54 Å². The molecular weight excluding hydrogens is 352 g/mol. The summed E-state index contributed by atoms with van der Waals surface area (Å²) < 4.78 is 7.15. The van der Waals surface area contributed by atoms with E-state index in [4.69, 9.17) is 9.84 Å². The van der Waals surface area contributed by atoms with Crippen LogP contribution in [0.1, 0.15) is 5.56 Å². The summed E-state index contributed by atoms with van der Waals surface area (Å²) in [7, 11) is 7.14. The van der Waals surface area contributed by atoms with Gasteiger partial charge in [-0.2, -0.15) is 5.10 Å². The summed E-state index contributed by atoms with van der Waals surface area (Å²) in [5.41, 5.74) is 3.96. The van der Waals surface area contributed by atoms with E-state index in [1.165, 1.54) is 0 Å². The SMILES string of the molecule is COc1ccc(-c2nn(-c3ccccc3)cc2CN(C)CC(=O)N(C)C)cc1. The summed E-state index contributed by atoms with van der Waals surface area (Å²) in [5.74, 6) is 0.880. The van der Waals surface area contributed by atoms with Crippen molar-refractivity contribution in [3.05, 3.63) is 66.4 Å². The number of nitrogens with zero attached hydrogens (tertiary/aromatic N) is 4. The van der Waals surface area contributed by atoms with Crippen molar-refractivity contribution in [1.82, 2.24) is 19.6 Å². The van der Waals surface area contributed by atoms with E-state index < -0.39 is 0 Å². The molecule has 0 spiro atoms. The molecule has 6 heteroatoms. The number of benzene rings is 2. The van der Waals surface area contributed by atoms with Gasteiger partial charge in [-0.05, 0) is 43.4 Å². The molecule has 3 rings (SSSR count). The molecule has 0 atom stereocenters. The van der Waals surface area contributed by atoms with E-state index >= 15 is 0 Å². The number of para-hydroxylation sites is 1. The van der Waals surface area contributed by atoms with Gasteiger partial charge in [0.15, 0.2) is 0 Å². The van der Waals surface area contributed by atoms with E-state index in [0.29, 0.717) is 13.1 Å². The highest BCUT2D eigenvalue weighted by Gasteiger charge is 2.16. The number of carbonyl (C=O) groups is 1. The third-order valence-electron chi connectivity index (χ3n) is 4.52. The zero-order chi connectivity index (χ0) is 20.1. The number of amides is 1. The van der Waals surface area contributed by atoms with Gasteiger partial charge in [-0.15, -0.1) is 0 Å². The minimum atomic E-state index is 0.0731. The van der Waals surface area contributed by atoms with Crippen molar-refractivity contribution in [3.63, 3.8) is 0 Å². The molecule has 1 aromatic heterocycles. The maximum Gasteiger partial charge on any atom is 0.236 e. The van der Waals surface area contributed by atoms with E-state index in [1.54, 1.807) is 26.1 Å². The summed E-state index contributed by atoms with van der Waals surface area (Å²) in [6, 6.07) is 17.9. The molecule has 0 unspecified atom stereocenters. The summed E-state index contributed by atoms with van der Waals surface area (Å²) in [4.78, 5) is 15.7. The number of aromatic nitrogens is 2. The molecule has 1 heterocycles. The molecule has 0 radical (unpaired) electrons. The summed E-state index contributed by atoms with van der Waals surface area (Å²) in [5, 5.41) is 4.83. The van der Waals surface area contributed by atoms with Crippen molar-refractivity contribution in [1.29, 1.82) is 0 Å². The van der Waals surface area contributed by atoms with E-state index in [1.807, 2.05) is 77.4 Å². The Morgan fingerprint density at radius 3 is 2.32 bits per heavy atom. The van der Waals surface area contributed by atoms with Crippen LogP contribution in [0.5, 0.6) is 5.75 Å². The van der Waals surface area contributed by atoms with Crippen LogP contribution in [0, 0.1) is 0 Å². The molecule has 146 valence electrons. The molecule has 0 saturated heterocycles. The van der Waals surface area contributed by atoms with Crippen LogP contribution in [0.2, 0.25) is 0 Å². The van der Waals surface area contributed by atoms with Gasteiger partial charge in [-0.1, -0.05) is 18.2 Å². The number of hydrogen-bond donors (Lipinski definition) is 0. The second-order valence-corrected chi connectivity index (χ2v) is 6.97. The molecule has 28 heavy (non-hydrogen) atoms. The molecule has 0 N–H and O–H groups in total. The highest BCUT2D eigenvalue weighted by atomic mass is 16.5. The van der Waals surface area contributed by atoms with Gasteiger partial charge in [-0.3, -0.25) is 9.69 Å². The van der Waals surface area contributed by atoms with Crippen LogP contribution in [0.15, 0.2) is 60.8 Å². The highest BCUT2D eigenvalue weighted by Crippen LogP contribution is 2.26. The second kappa shape index (κ2) is 8.71. The third-order valence-corrected chi connectivity index (χ3v) is 4.52. The first-order valence-corrected chi connectivity index (χ1v) is 9.15. The van der Waals surface area contributed by atoms with Crippen LogP contribution in [0.4, 0.5) is 0 Å². The maximum absolute atomic E-state index is 12.0. The third kappa shape index (κ3) is 4.58. The first-order chi connectivity index (χ1) is 13.5. The van der Waals surface area contributed by atoms with Crippen molar-refractivity contribution in [2.24, 2.45) is 0 Å². The molecule has 0 aliphatic heterocycles. The van der Waals surface area contributed by atoms with Gasteiger partial charge >= 0.3 is 0 Å². The van der Waals surface area contributed by atoms with E-state index in [9.17, 15) is 4.79 Å². The number of carbonyl (C=O) groups excluding carboxylic acids is 1. The van der Waals surface area contributed by atoms with Crippen LogP contribution in [0.3, 0.4) is 0 Å². The number of rotatable bonds is 7. The summed E-state index contributed by atoms with van der Waals surface area (Å²) in [6.45, 7) is 0.972. The van der Waals surface area contributed by atoms with Gasteiger partial charge in [0.1, 0.15) is 5.75 Å².